The molecule has 1 unspecified atom stereocenters. The number of piperidine rings is 1. The topological polar surface area (TPSA) is 62.3 Å². The van der Waals surface area contributed by atoms with E-state index < -0.39 is 10.0 Å². The monoisotopic (exact) mass is 297 g/mol. The van der Waals surface area contributed by atoms with Crippen LogP contribution in [0.4, 0.5) is 5.82 Å². The molecule has 0 aromatic carbocycles. The van der Waals surface area contributed by atoms with Crippen LogP contribution in [0.2, 0.25) is 0 Å². The molecular formula is C14H23N3O2S. The van der Waals surface area contributed by atoms with E-state index in [1.807, 2.05) is 0 Å². The van der Waals surface area contributed by atoms with Crippen LogP contribution in [0.3, 0.4) is 0 Å². The highest BCUT2D eigenvalue weighted by Gasteiger charge is 2.34. The van der Waals surface area contributed by atoms with Gasteiger partial charge in [-0.3, -0.25) is 0 Å². The fourth-order valence-corrected chi connectivity index (χ4v) is 4.70. The summed E-state index contributed by atoms with van der Waals surface area (Å²) in [5, 5.41) is 2.87. The predicted molar refractivity (Wildman–Crippen MR) is 80.2 cm³/mol. The van der Waals surface area contributed by atoms with Gasteiger partial charge >= 0.3 is 0 Å². The predicted octanol–water partition coefficient (Wildman–Crippen LogP) is 2.47. The maximum absolute atomic E-state index is 12.9. The minimum Gasteiger partial charge on any atom is -0.372 e. The molecule has 1 aromatic heterocycles. The molecule has 20 heavy (non-hydrogen) atoms. The number of nitrogens with one attached hydrogen (secondary N) is 1. The van der Waals surface area contributed by atoms with Gasteiger partial charge in [0.2, 0.25) is 10.0 Å². The van der Waals surface area contributed by atoms with Crippen molar-refractivity contribution in [3.8, 4) is 0 Å². The summed E-state index contributed by atoms with van der Waals surface area (Å²) >= 11 is 0. The number of anilines is 1. The summed E-state index contributed by atoms with van der Waals surface area (Å²) in [5.74, 6) is 0.424. The molecule has 1 N–H and O–H groups in total. The summed E-state index contributed by atoms with van der Waals surface area (Å²) in [6.45, 7) is 2.72. The number of rotatable bonds is 5. The Kier molecular flexibility index (Phi) is 4.99. The lowest BCUT2D eigenvalue weighted by Crippen LogP contribution is -2.43. The van der Waals surface area contributed by atoms with Crippen LogP contribution >= 0.6 is 0 Å². The van der Waals surface area contributed by atoms with Gasteiger partial charge in [-0.1, -0.05) is 19.8 Å². The fraction of sp³-hybridized carbons (Fsp3) is 0.643. The second-order valence-electron chi connectivity index (χ2n) is 5.15. The van der Waals surface area contributed by atoms with Crippen molar-refractivity contribution in [2.45, 2.75) is 50.0 Å². The lowest BCUT2D eigenvalue weighted by Gasteiger charge is -2.34. The summed E-state index contributed by atoms with van der Waals surface area (Å²) in [5.41, 5.74) is 0. The Morgan fingerprint density at radius 3 is 2.95 bits per heavy atom. The van der Waals surface area contributed by atoms with E-state index in [9.17, 15) is 8.42 Å². The zero-order valence-corrected chi connectivity index (χ0v) is 13.0. The largest absolute Gasteiger partial charge is 0.372 e. The summed E-state index contributed by atoms with van der Waals surface area (Å²) in [4.78, 5) is 4.40. The van der Waals surface area contributed by atoms with E-state index in [1.165, 1.54) is 0 Å². The molecule has 0 radical (unpaired) electrons. The van der Waals surface area contributed by atoms with E-state index in [0.29, 0.717) is 12.4 Å². The van der Waals surface area contributed by atoms with E-state index in [2.05, 4.69) is 17.2 Å². The number of hydrogen-bond acceptors (Lipinski definition) is 4. The molecule has 112 valence electrons. The zero-order valence-electron chi connectivity index (χ0n) is 12.2. The Hall–Kier alpha value is -1.14. The summed E-state index contributed by atoms with van der Waals surface area (Å²) in [6, 6.07) is 3.43. The molecule has 0 spiro atoms. The fourth-order valence-electron chi connectivity index (χ4n) is 2.82. The quantitative estimate of drug-likeness (QED) is 0.907. The molecule has 1 fully saturated rings. The van der Waals surface area contributed by atoms with Gasteiger partial charge in [0.25, 0.3) is 0 Å². The minimum atomic E-state index is -3.47. The second-order valence-corrected chi connectivity index (χ2v) is 7.01. The van der Waals surface area contributed by atoms with Gasteiger partial charge in [0.15, 0.2) is 0 Å². The van der Waals surface area contributed by atoms with E-state index in [4.69, 9.17) is 0 Å². The van der Waals surface area contributed by atoms with Gasteiger partial charge in [-0.25, -0.2) is 13.4 Å². The van der Waals surface area contributed by atoms with Crippen LogP contribution in [0.15, 0.2) is 23.2 Å². The number of sulfonamides is 1. The third kappa shape index (κ3) is 2.96. The van der Waals surface area contributed by atoms with Crippen molar-refractivity contribution in [1.29, 1.82) is 0 Å². The lowest BCUT2D eigenvalue weighted by molar-refractivity contribution is 0.239. The van der Waals surface area contributed by atoms with Crippen molar-refractivity contribution in [2.75, 3.05) is 18.9 Å². The molecule has 2 heterocycles. The Labute approximate surface area is 121 Å². The Morgan fingerprint density at radius 1 is 1.45 bits per heavy atom. The number of hydrogen-bond donors (Lipinski definition) is 1. The standard InChI is InChI=1S/C14H23N3O2S/c1-3-7-12-8-4-5-11-17(12)20(18,19)13-9-6-10-16-14(13)15-2/h6,9-10,12H,3-5,7-8,11H2,1-2H3,(H,15,16). The first-order valence-electron chi connectivity index (χ1n) is 7.26. The molecule has 6 heteroatoms. The van der Waals surface area contributed by atoms with Crippen LogP contribution in [-0.4, -0.2) is 37.3 Å². The highest BCUT2D eigenvalue weighted by molar-refractivity contribution is 7.89. The molecule has 1 aliphatic rings. The summed E-state index contributed by atoms with van der Waals surface area (Å²) in [7, 11) is -1.77. The SMILES string of the molecule is CCCC1CCCCN1S(=O)(=O)c1cccnc1NC. The van der Waals surface area contributed by atoms with E-state index in [-0.39, 0.29) is 10.9 Å². The molecule has 2 rings (SSSR count). The first kappa shape index (κ1) is 15.3. The zero-order chi connectivity index (χ0) is 14.6. The molecule has 1 aromatic rings. The van der Waals surface area contributed by atoms with Gasteiger partial charge in [0.1, 0.15) is 10.7 Å². The Morgan fingerprint density at radius 2 is 2.25 bits per heavy atom. The number of nitrogens with zero attached hydrogens (tertiary/aromatic N) is 2. The van der Waals surface area contributed by atoms with Crippen molar-refractivity contribution in [3.63, 3.8) is 0 Å². The van der Waals surface area contributed by atoms with Gasteiger partial charge in [-0.05, 0) is 31.4 Å². The minimum absolute atomic E-state index is 0.128. The molecule has 1 atom stereocenters. The van der Waals surface area contributed by atoms with Gasteiger partial charge in [-0.15, -0.1) is 0 Å². The van der Waals surface area contributed by atoms with Gasteiger partial charge in [0, 0.05) is 25.8 Å². The van der Waals surface area contributed by atoms with E-state index in [1.54, 1.807) is 29.7 Å². The van der Waals surface area contributed by atoms with Crippen molar-refractivity contribution < 1.29 is 8.42 Å². The van der Waals surface area contributed by atoms with E-state index in [0.717, 1.165) is 32.1 Å². The first-order valence-corrected chi connectivity index (χ1v) is 8.70. The molecule has 0 saturated carbocycles. The first-order chi connectivity index (χ1) is 9.61. The van der Waals surface area contributed by atoms with Crippen molar-refractivity contribution in [1.82, 2.24) is 9.29 Å². The maximum Gasteiger partial charge on any atom is 0.246 e. The van der Waals surface area contributed by atoms with Crippen LogP contribution in [0.5, 0.6) is 0 Å². The third-order valence-corrected chi connectivity index (χ3v) is 5.77. The molecular weight excluding hydrogens is 274 g/mol. The van der Waals surface area contributed by atoms with Crippen LogP contribution in [0.25, 0.3) is 0 Å². The number of aromatic nitrogens is 1. The van der Waals surface area contributed by atoms with Crippen molar-refractivity contribution >= 4 is 15.8 Å². The molecule has 5 nitrogen and oxygen atoms in total. The average molecular weight is 297 g/mol. The highest BCUT2D eigenvalue weighted by atomic mass is 32.2. The Bertz CT molecular complexity index is 543. The van der Waals surface area contributed by atoms with Gasteiger partial charge < -0.3 is 5.32 Å². The molecule has 1 aliphatic heterocycles. The highest BCUT2D eigenvalue weighted by Crippen LogP contribution is 2.30. The van der Waals surface area contributed by atoms with Crippen molar-refractivity contribution in [3.05, 3.63) is 18.3 Å². The second kappa shape index (κ2) is 6.54. The molecule has 1 saturated heterocycles. The molecule has 0 aliphatic carbocycles. The number of pyridine rings is 1. The lowest BCUT2D eigenvalue weighted by atomic mass is 10.0. The van der Waals surface area contributed by atoms with Crippen molar-refractivity contribution in [2.24, 2.45) is 0 Å². The Balaban J connectivity index is 2.37. The van der Waals surface area contributed by atoms with Crippen LogP contribution in [0, 0.1) is 0 Å². The van der Waals surface area contributed by atoms with E-state index >= 15 is 0 Å². The normalized spacial score (nSPS) is 20.8. The molecule has 0 bridgehead atoms. The van der Waals surface area contributed by atoms with Gasteiger partial charge in [-0.2, -0.15) is 4.31 Å². The smallest absolute Gasteiger partial charge is 0.246 e. The van der Waals surface area contributed by atoms with Crippen LogP contribution in [-0.2, 0) is 10.0 Å². The van der Waals surface area contributed by atoms with Crippen LogP contribution in [0.1, 0.15) is 39.0 Å². The average Bonchev–Trinajstić information content (AvgIpc) is 2.48. The third-order valence-electron chi connectivity index (χ3n) is 3.79. The maximum atomic E-state index is 12.9. The van der Waals surface area contributed by atoms with Crippen LogP contribution < -0.4 is 5.32 Å². The molecule has 0 amide bonds. The summed E-state index contributed by atoms with van der Waals surface area (Å²) < 4.78 is 27.5. The summed E-state index contributed by atoms with van der Waals surface area (Å²) in [6.07, 6.45) is 6.54. The van der Waals surface area contributed by atoms with Gasteiger partial charge in [0.05, 0.1) is 0 Å².